The van der Waals surface area contributed by atoms with Crippen LogP contribution in [-0.4, -0.2) is 79.9 Å². The molecule has 2 atom stereocenters. The molecule has 1 amide bonds. The minimum atomic E-state index is -4.27. The maximum Gasteiger partial charge on any atom is 0.359 e. The van der Waals surface area contributed by atoms with Crippen LogP contribution in [0, 0.1) is 5.82 Å². The second-order valence-corrected chi connectivity index (χ2v) is 23.1. The van der Waals surface area contributed by atoms with Crippen molar-refractivity contribution in [2.75, 3.05) is 48.8 Å². The Morgan fingerprint density at radius 3 is 2.47 bits per heavy atom. The van der Waals surface area contributed by atoms with E-state index in [1.54, 1.807) is 16.8 Å². The zero-order valence-electron chi connectivity index (χ0n) is 44.4. The van der Waals surface area contributed by atoms with Gasteiger partial charge in [0.25, 0.3) is 10.1 Å². The summed E-state index contributed by atoms with van der Waals surface area (Å²) in [6.07, 6.45) is 11.7. The molecule has 77 heavy (non-hydrogen) atoms. The first kappa shape index (κ1) is 53.4. The normalized spacial score (nSPS) is 17.0. The molecule has 0 aliphatic carbocycles. The molecule has 10 rings (SSSR count). The summed E-state index contributed by atoms with van der Waals surface area (Å²) in [6.45, 7) is 9.77. The topological polar surface area (TPSA) is 166 Å². The zero-order valence-corrected chi connectivity index (χ0v) is 45.2. The van der Waals surface area contributed by atoms with Gasteiger partial charge < -0.3 is 19.7 Å². The molecule has 2 unspecified atom stereocenters. The van der Waals surface area contributed by atoms with Gasteiger partial charge in [0.2, 0.25) is 11.3 Å². The van der Waals surface area contributed by atoms with Crippen LogP contribution in [-0.2, 0) is 34.2 Å². The highest BCUT2D eigenvalue weighted by Gasteiger charge is 2.42. The first-order valence-corrected chi connectivity index (χ1v) is 29.1. The van der Waals surface area contributed by atoms with Gasteiger partial charge in [0.1, 0.15) is 41.7 Å². The minimum absolute atomic E-state index is 0.00749. The summed E-state index contributed by atoms with van der Waals surface area (Å²) in [4.78, 5) is 39.1. The Labute approximate surface area is 450 Å². The van der Waals surface area contributed by atoms with Crippen LogP contribution in [0.2, 0.25) is 0 Å². The van der Waals surface area contributed by atoms with E-state index in [2.05, 4.69) is 53.0 Å². The number of ether oxygens (including phenoxy) is 2. The van der Waals surface area contributed by atoms with Crippen molar-refractivity contribution in [1.29, 1.82) is 0 Å². The van der Waals surface area contributed by atoms with Crippen LogP contribution >= 0.6 is 0 Å². The summed E-state index contributed by atoms with van der Waals surface area (Å²) < 4.78 is 66.4. The van der Waals surface area contributed by atoms with Gasteiger partial charge in [-0.3, -0.25) is 14.7 Å². The molecule has 402 valence electrons. The molecule has 5 heterocycles. The molecule has 1 aromatic heterocycles. The van der Waals surface area contributed by atoms with E-state index < -0.39 is 39.2 Å². The Kier molecular flexibility index (Phi) is 16.1. The maximum absolute atomic E-state index is 15.4. The molecule has 0 saturated carbocycles. The van der Waals surface area contributed by atoms with Gasteiger partial charge in [-0.25, -0.2) is 23.7 Å². The summed E-state index contributed by atoms with van der Waals surface area (Å²) in [7, 11) is -4.27. The Morgan fingerprint density at radius 1 is 0.935 bits per heavy atom. The number of carbonyl (C=O) groups excluding carboxylic acids is 2. The Hall–Kier alpha value is -7.04. The molecule has 4 aliphatic rings. The average molecular weight is 1060 g/mol. The number of benzene rings is 5. The van der Waals surface area contributed by atoms with Crippen LogP contribution in [0.15, 0.2) is 114 Å². The van der Waals surface area contributed by atoms with Crippen molar-refractivity contribution in [3.8, 4) is 28.5 Å². The fraction of sp³-hybridized carbons (Fsp3) is 0.410. The Morgan fingerprint density at radius 2 is 1.70 bits per heavy atom. The van der Waals surface area contributed by atoms with Gasteiger partial charge in [0, 0.05) is 73.1 Å². The van der Waals surface area contributed by atoms with Crippen LogP contribution in [0.25, 0.3) is 11.3 Å². The lowest BCUT2D eigenvalue weighted by Gasteiger charge is -2.48. The van der Waals surface area contributed by atoms with E-state index in [0.29, 0.717) is 86.1 Å². The molecule has 0 radical (unpaired) electrons. The quantitative estimate of drug-likeness (QED) is 0.0339. The predicted octanol–water partition coefficient (Wildman–Crippen LogP) is 9.23. The van der Waals surface area contributed by atoms with Gasteiger partial charge in [-0.2, -0.15) is 13.0 Å². The van der Waals surface area contributed by atoms with Crippen molar-refractivity contribution in [2.45, 2.75) is 122 Å². The lowest BCUT2D eigenvalue weighted by molar-refractivity contribution is -0.552. The molecular formula is C61H70FN7O7S+2. The number of amides is 1. The summed E-state index contributed by atoms with van der Waals surface area (Å²) >= 11 is 0. The number of fused-ring (bicyclic) bond motifs is 5. The third-order valence-corrected chi connectivity index (χ3v) is 16.3. The first-order chi connectivity index (χ1) is 37.2. The van der Waals surface area contributed by atoms with Crippen LogP contribution < -0.4 is 44.9 Å². The summed E-state index contributed by atoms with van der Waals surface area (Å²) in [5.74, 6) is 0.719. The molecule has 0 bridgehead atoms. The number of hydrogen-bond donors (Lipinski definition) is 3. The molecule has 4 aliphatic heterocycles. The van der Waals surface area contributed by atoms with Crippen molar-refractivity contribution in [3.63, 3.8) is 0 Å². The lowest BCUT2D eigenvalue weighted by atomic mass is 9.79. The van der Waals surface area contributed by atoms with Crippen LogP contribution in [0.3, 0.4) is 0 Å². The van der Waals surface area contributed by atoms with Gasteiger partial charge in [0.15, 0.2) is 29.1 Å². The zero-order chi connectivity index (χ0) is 53.7. The van der Waals surface area contributed by atoms with Crippen LogP contribution in [0.1, 0.15) is 124 Å². The number of carbonyl (C=O) groups is 2. The molecule has 5 aromatic carbocycles. The maximum atomic E-state index is 15.4. The van der Waals surface area contributed by atoms with Crippen molar-refractivity contribution in [1.82, 2.24) is 14.9 Å². The molecular weight excluding hydrogens is 994 g/mol. The molecule has 0 fully saturated rings. The van der Waals surface area contributed by atoms with Crippen molar-refractivity contribution in [2.24, 2.45) is 4.99 Å². The second-order valence-electron chi connectivity index (χ2n) is 21.6. The fourth-order valence-electron chi connectivity index (χ4n) is 11.6. The third-order valence-electron chi connectivity index (χ3n) is 15.5. The van der Waals surface area contributed by atoms with E-state index in [0.717, 1.165) is 97.9 Å². The highest BCUT2D eigenvalue weighted by molar-refractivity contribution is 7.85. The molecule has 3 N–H and O–H groups in total. The largest absolute Gasteiger partial charge is 0.491 e. The number of halogens is 1. The van der Waals surface area contributed by atoms with Gasteiger partial charge in [-0.15, -0.1) is 0 Å². The molecule has 16 heteroatoms. The highest BCUT2D eigenvalue weighted by Crippen LogP contribution is 2.49. The number of nitrogens with one attached hydrogen (secondary N) is 2. The van der Waals surface area contributed by atoms with Crippen molar-refractivity contribution >= 4 is 39.1 Å². The molecule has 0 spiro atoms. The SMILES string of the molecule is CC[N+]1=c2cc3c(cc2CCC1)=Nc1cc2c(cc1O3)N(CCCC(=O)NCCCCCCCCOc1ccc(CC3Nc4c(Cc5ccccc5)nc(-c5ccccc5)c[n+]4C3=O)cc1F)C(C)(C)CC2CS(=O)(=O)O. The smallest absolute Gasteiger partial charge is 0.359 e. The number of aromatic nitrogens is 2. The van der Waals surface area contributed by atoms with Crippen LogP contribution in [0.5, 0.6) is 17.2 Å². The summed E-state index contributed by atoms with van der Waals surface area (Å²) in [6, 6.07) is 32.3. The third kappa shape index (κ3) is 12.6. The van der Waals surface area contributed by atoms with Gasteiger partial charge in [-0.05, 0) is 93.8 Å². The van der Waals surface area contributed by atoms with E-state index in [1.807, 2.05) is 78.9 Å². The van der Waals surface area contributed by atoms with E-state index in [1.165, 1.54) is 17.0 Å². The van der Waals surface area contributed by atoms with E-state index in [4.69, 9.17) is 19.5 Å². The molecule has 14 nitrogen and oxygen atoms in total. The number of nitrogens with zero attached hydrogens (tertiary/aromatic N) is 5. The predicted molar refractivity (Wildman–Crippen MR) is 296 cm³/mol. The second kappa shape index (κ2) is 23.3. The summed E-state index contributed by atoms with van der Waals surface area (Å²) in [5, 5.41) is 8.42. The van der Waals surface area contributed by atoms with Gasteiger partial charge in [-0.1, -0.05) is 92.4 Å². The molecule has 6 aromatic rings. The first-order valence-electron chi connectivity index (χ1n) is 27.5. The monoisotopic (exact) mass is 1060 g/mol. The number of aryl methyl sites for hydroxylation is 1. The Bertz CT molecular complexity index is 3410. The Balaban J connectivity index is 0.649. The summed E-state index contributed by atoms with van der Waals surface area (Å²) in [5.41, 5.74) is 7.20. The lowest BCUT2D eigenvalue weighted by Crippen LogP contribution is -2.50. The van der Waals surface area contributed by atoms with E-state index in [-0.39, 0.29) is 17.6 Å². The number of unbranched alkanes of at least 4 members (excludes halogenated alkanes) is 5. The van der Waals surface area contributed by atoms with Crippen molar-refractivity contribution < 1.29 is 41.0 Å². The van der Waals surface area contributed by atoms with Gasteiger partial charge >= 0.3 is 11.7 Å². The van der Waals surface area contributed by atoms with Gasteiger partial charge in [0.05, 0.1) is 18.4 Å². The number of anilines is 2. The average Bonchev–Trinajstić information content (AvgIpc) is 3.85. The highest BCUT2D eigenvalue weighted by atomic mass is 32.2. The fourth-order valence-corrected chi connectivity index (χ4v) is 12.4. The standard InChI is InChI=1S/C61H68FN7O7S/c1-4-67-28-17-23-44-34-48-56(36-53(44)67)76-57-37-54-46(35-49(57)64-48)45(40-77(72,73)74)38-61(2,3)69(54)29-18-24-58(70)63-27-15-7-5-6-8-16-30-75-55-26-25-42(31-47(55)62)33-51-60(71)68-39-52(43-21-13-10-14-22-43)65-50(59(68)66-51)32-41-19-11-9-12-20-41/h9-14,19-22,25-26,31,34-37,39,45,51H,4-8,15-18,23-24,27-30,32-33,38,40H2,1-3H3,(H-,63,70,72,73,74)/p+2. The minimum Gasteiger partial charge on any atom is -0.491 e. The van der Waals surface area contributed by atoms with E-state index in [9.17, 15) is 22.6 Å². The molecule has 0 saturated heterocycles. The van der Waals surface area contributed by atoms with E-state index >= 15 is 4.39 Å². The number of rotatable bonds is 22. The van der Waals surface area contributed by atoms with Crippen LogP contribution in [0.4, 0.5) is 21.6 Å². The van der Waals surface area contributed by atoms with Crippen molar-refractivity contribution in [3.05, 3.63) is 154 Å². The number of hydrogen-bond acceptors (Lipinski definition) is 10.